The van der Waals surface area contributed by atoms with Crippen LogP contribution in [0.15, 0.2) is 24.3 Å². The van der Waals surface area contributed by atoms with Gasteiger partial charge in [-0.2, -0.15) is 0 Å². The minimum Gasteiger partial charge on any atom is -0.497 e. The van der Waals surface area contributed by atoms with E-state index < -0.39 is 0 Å². The lowest BCUT2D eigenvalue weighted by Crippen LogP contribution is -2.31. The molecule has 2 unspecified atom stereocenters. The van der Waals surface area contributed by atoms with Gasteiger partial charge in [0, 0.05) is 32.8 Å². The Hall–Kier alpha value is -1.10. The van der Waals surface area contributed by atoms with Crippen molar-refractivity contribution in [2.75, 3.05) is 33.9 Å². The summed E-state index contributed by atoms with van der Waals surface area (Å²) in [6.07, 6.45) is 1.46. The number of nitrogens with two attached hydrogens (primary N) is 1. The summed E-state index contributed by atoms with van der Waals surface area (Å²) in [4.78, 5) is 2.36. The van der Waals surface area contributed by atoms with E-state index in [9.17, 15) is 0 Å². The minimum atomic E-state index is 0.0238. The Morgan fingerprint density at radius 2 is 2.28 bits per heavy atom. The molecular weight excluding hydrogens is 228 g/mol. The van der Waals surface area contributed by atoms with Crippen LogP contribution in [0.2, 0.25) is 0 Å². The molecule has 100 valence electrons. The van der Waals surface area contributed by atoms with E-state index in [0.29, 0.717) is 6.10 Å². The van der Waals surface area contributed by atoms with Gasteiger partial charge in [0.25, 0.3) is 0 Å². The Labute approximate surface area is 109 Å². The molecule has 1 aliphatic heterocycles. The molecule has 4 nitrogen and oxygen atoms in total. The minimum absolute atomic E-state index is 0.0238. The molecule has 0 aromatic heterocycles. The molecule has 1 aromatic rings. The lowest BCUT2D eigenvalue weighted by molar-refractivity contribution is 0.107. The van der Waals surface area contributed by atoms with Crippen LogP contribution in [0.25, 0.3) is 0 Å². The Kier molecular flexibility index (Phi) is 4.58. The predicted octanol–water partition coefficient (Wildman–Crippen LogP) is 1.42. The maximum Gasteiger partial charge on any atom is 0.119 e. The molecule has 1 aromatic carbocycles. The fraction of sp³-hybridized carbons (Fsp3) is 0.571. The van der Waals surface area contributed by atoms with Crippen molar-refractivity contribution in [2.24, 2.45) is 5.73 Å². The van der Waals surface area contributed by atoms with Crippen LogP contribution in [-0.4, -0.2) is 44.9 Å². The molecule has 1 fully saturated rings. The van der Waals surface area contributed by atoms with Gasteiger partial charge in [-0.1, -0.05) is 12.1 Å². The van der Waals surface area contributed by atoms with Crippen LogP contribution in [0.3, 0.4) is 0 Å². The fourth-order valence-corrected chi connectivity index (χ4v) is 2.41. The zero-order valence-corrected chi connectivity index (χ0v) is 11.1. The molecular formula is C14H22N2O2. The van der Waals surface area contributed by atoms with Crippen LogP contribution < -0.4 is 10.5 Å². The zero-order valence-electron chi connectivity index (χ0n) is 11.1. The van der Waals surface area contributed by atoms with Crippen LogP contribution in [-0.2, 0) is 4.74 Å². The van der Waals surface area contributed by atoms with Gasteiger partial charge in [-0.3, -0.25) is 4.90 Å². The van der Waals surface area contributed by atoms with E-state index in [-0.39, 0.29) is 6.04 Å². The summed E-state index contributed by atoms with van der Waals surface area (Å²) in [5.74, 6) is 0.860. The summed E-state index contributed by atoms with van der Waals surface area (Å²) in [5.41, 5.74) is 7.37. The second-order valence-electron chi connectivity index (χ2n) is 4.79. The molecule has 1 saturated heterocycles. The molecule has 0 bridgehead atoms. The van der Waals surface area contributed by atoms with Crippen LogP contribution in [0.4, 0.5) is 0 Å². The molecule has 0 spiro atoms. The molecule has 0 aliphatic carbocycles. The lowest BCUT2D eigenvalue weighted by atomic mass is 10.1. The van der Waals surface area contributed by atoms with Gasteiger partial charge in [-0.05, 0) is 24.1 Å². The molecule has 4 heteroatoms. The van der Waals surface area contributed by atoms with Crippen molar-refractivity contribution in [3.8, 4) is 5.75 Å². The lowest BCUT2D eigenvalue weighted by Gasteiger charge is -2.21. The SMILES string of the molecule is COc1cccc(C(N)CN2CCC(OC)C2)c1. The Balaban J connectivity index is 1.93. The summed E-state index contributed by atoms with van der Waals surface area (Å²) in [6.45, 7) is 2.91. The number of nitrogens with zero attached hydrogens (tertiary/aromatic N) is 1. The molecule has 0 amide bonds. The highest BCUT2D eigenvalue weighted by Crippen LogP contribution is 2.20. The smallest absolute Gasteiger partial charge is 0.119 e. The average Bonchev–Trinajstić information content (AvgIpc) is 2.86. The number of rotatable bonds is 5. The zero-order chi connectivity index (χ0) is 13.0. The third-order valence-electron chi connectivity index (χ3n) is 3.54. The molecule has 1 heterocycles. The van der Waals surface area contributed by atoms with Gasteiger partial charge in [-0.15, -0.1) is 0 Å². The Morgan fingerprint density at radius 1 is 1.44 bits per heavy atom. The number of benzene rings is 1. The molecule has 0 saturated carbocycles. The molecule has 2 atom stereocenters. The van der Waals surface area contributed by atoms with E-state index in [0.717, 1.165) is 37.4 Å². The van der Waals surface area contributed by atoms with E-state index in [2.05, 4.69) is 11.0 Å². The number of likely N-dealkylation sites (tertiary alicyclic amines) is 1. The van der Waals surface area contributed by atoms with Gasteiger partial charge >= 0.3 is 0 Å². The van der Waals surface area contributed by atoms with Crippen LogP contribution in [0.5, 0.6) is 5.75 Å². The first-order valence-electron chi connectivity index (χ1n) is 6.37. The van der Waals surface area contributed by atoms with E-state index in [1.807, 2.05) is 18.2 Å². The number of methoxy groups -OCH3 is 2. The third kappa shape index (κ3) is 3.22. The number of hydrogen-bond donors (Lipinski definition) is 1. The summed E-state index contributed by atoms with van der Waals surface area (Å²) in [7, 11) is 3.45. The van der Waals surface area contributed by atoms with Crippen molar-refractivity contribution in [3.05, 3.63) is 29.8 Å². The van der Waals surface area contributed by atoms with Crippen molar-refractivity contribution in [1.29, 1.82) is 0 Å². The van der Waals surface area contributed by atoms with E-state index in [4.69, 9.17) is 15.2 Å². The standard InChI is InChI=1S/C14H22N2O2/c1-17-12-5-3-4-11(8-12)14(15)10-16-7-6-13(9-16)18-2/h3-5,8,13-14H,6-7,9-10,15H2,1-2H3. The summed E-state index contributed by atoms with van der Waals surface area (Å²) in [6, 6.07) is 8.00. The van der Waals surface area contributed by atoms with Crippen LogP contribution >= 0.6 is 0 Å². The Morgan fingerprint density at radius 3 is 2.94 bits per heavy atom. The first-order chi connectivity index (χ1) is 8.72. The first kappa shape index (κ1) is 13.3. The van der Waals surface area contributed by atoms with E-state index >= 15 is 0 Å². The van der Waals surface area contributed by atoms with Crippen molar-refractivity contribution in [3.63, 3.8) is 0 Å². The van der Waals surface area contributed by atoms with Crippen molar-refractivity contribution < 1.29 is 9.47 Å². The molecule has 1 aliphatic rings. The van der Waals surface area contributed by atoms with Gasteiger partial charge < -0.3 is 15.2 Å². The highest BCUT2D eigenvalue weighted by molar-refractivity contribution is 5.30. The molecule has 0 radical (unpaired) electrons. The molecule has 2 N–H and O–H groups in total. The second-order valence-corrected chi connectivity index (χ2v) is 4.79. The molecule has 2 rings (SSSR count). The second kappa shape index (κ2) is 6.18. The maximum absolute atomic E-state index is 6.25. The van der Waals surface area contributed by atoms with Crippen molar-refractivity contribution in [1.82, 2.24) is 4.90 Å². The monoisotopic (exact) mass is 250 g/mol. The predicted molar refractivity (Wildman–Crippen MR) is 71.8 cm³/mol. The van der Waals surface area contributed by atoms with Crippen LogP contribution in [0.1, 0.15) is 18.0 Å². The van der Waals surface area contributed by atoms with Crippen molar-refractivity contribution >= 4 is 0 Å². The average molecular weight is 250 g/mol. The van der Waals surface area contributed by atoms with Gasteiger partial charge in [0.15, 0.2) is 0 Å². The quantitative estimate of drug-likeness (QED) is 0.858. The van der Waals surface area contributed by atoms with Gasteiger partial charge in [0.05, 0.1) is 13.2 Å². The topological polar surface area (TPSA) is 47.7 Å². The Bertz CT molecular complexity index is 384. The van der Waals surface area contributed by atoms with Crippen molar-refractivity contribution in [2.45, 2.75) is 18.6 Å². The van der Waals surface area contributed by atoms with Gasteiger partial charge in [0.2, 0.25) is 0 Å². The van der Waals surface area contributed by atoms with Gasteiger partial charge in [0.1, 0.15) is 5.75 Å². The number of ether oxygens (including phenoxy) is 2. The first-order valence-corrected chi connectivity index (χ1v) is 6.37. The maximum atomic E-state index is 6.25. The fourth-order valence-electron chi connectivity index (χ4n) is 2.41. The highest BCUT2D eigenvalue weighted by Gasteiger charge is 2.23. The summed E-state index contributed by atoms with van der Waals surface area (Å²) in [5, 5.41) is 0. The van der Waals surface area contributed by atoms with E-state index in [1.54, 1.807) is 14.2 Å². The van der Waals surface area contributed by atoms with Crippen LogP contribution in [0, 0.1) is 0 Å². The molecule has 18 heavy (non-hydrogen) atoms. The number of hydrogen-bond acceptors (Lipinski definition) is 4. The third-order valence-corrected chi connectivity index (χ3v) is 3.54. The largest absolute Gasteiger partial charge is 0.497 e. The van der Waals surface area contributed by atoms with E-state index in [1.165, 1.54) is 0 Å². The summed E-state index contributed by atoms with van der Waals surface area (Å²) >= 11 is 0. The van der Waals surface area contributed by atoms with Gasteiger partial charge in [-0.25, -0.2) is 0 Å². The normalized spacial score (nSPS) is 22.1. The highest BCUT2D eigenvalue weighted by atomic mass is 16.5. The summed E-state index contributed by atoms with van der Waals surface area (Å²) < 4.78 is 10.6.